The molecule has 0 aliphatic carbocycles. The first-order chi connectivity index (χ1) is 7.76. The van der Waals surface area contributed by atoms with E-state index in [2.05, 4.69) is 15.4 Å². The van der Waals surface area contributed by atoms with E-state index in [0.29, 0.717) is 19.8 Å². The first-order valence-electron chi connectivity index (χ1n) is 5.52. The minimum Gasteiger partial charge on any atom is -0.394 e. The molecule has 0 atom stereocenters. The second kappa shape index (κ2) is 4.90. The van der Waals surface area contributed by atoms with Crippen molar-refractivity contribution in [3.63, 3.8) is 0 Å². The van der Waals surface area contributed by atoms with Gasteiger partial charge in [-0.2, -0.15) is 5.10 Å². The van der Waals surface area contributed by atoms with Gasteiger partial charge >= 0.3 is 0 Å². The minimum absolute atomic E-state index is 0.133. The van der Waals surface area contributed by atoms with Crippen molar-refractivity contribution in [1.29, 1.82) is 0 Å². The van der Waals surface area contributed by atoms with Crippen LogP contribution in [0.2, 0.25) is 0 Å². The predicted octanol–water partition coefficient (Wildman–Crippen LogP) is -0.554. The van der Waals surface area contributed by atoms with Crippen molar-refractivity contribution in [1.82, 2.24) is 20.1 Å². The molecule has 0 saturated carbocycles. The highest BCUT2D eigenvalue weighted by atomic mass is 16.5. The van der Waals surface area contributed by atoms with Crippen molar-refractivity contribution in [2.24, 2.45) is 7.05 Å². The van der Waals surface area contributed by atoms with Crippen molar-refractivity contribution in [2.45, 2.75) is 24.9 Å². The predicted molar refractivity (Wildman–Crippen MR) is 57.7 cm³/mol. The summed E-state index contributed by atoms with van der Waals surface area (Å²) in [5, 5.41) is 16.9. The lowest BCUT2D eigenvalue weighted by Crippen LogP contribution is -2.52. The van der Waals surface area contributed by atoms with Gasteiger partial charge in [-0.25, -0.2) is 4.98 Å². The molecule has 1 saturated heterocycles. The highest BCUT2D eigenvalue weighted by Crippen LogP contribution is 2.20. The fourth-order valence-corrected chi connectivity index (χ4v) is 1.90. The van der Waals surface area contributed by atoms with Crippen LogP contribution in [0.25, 0.3) is 0 Å². The molecule has 1 aliphatic rings. The van der Waals surface area contributed by atoms with E-state index >= 15 is 0 Å². The molecule has 0 bridgehead atoms. The van der Waals surface area contributed by atoms with E-state index in [0.717, 1.165) is 18.7 Å². The maximum absolute atomic E-state index is 9.48. The van der Waals surface area contributed by atoms with Gasteiger partial charge in [0.2, 0.25) is 0 Å². The average molecular weight is 226 g/mol. The van der Waals surface area contributed by atoms with Gasteiger partial charge in [-0.3, -0.25) is 4.68 Å². The first-order valence-corrected chi connectivity index (χ1v) is 5.52. The molecular formula is C10H18N4O2. The summed E-state index contributed by atoms with van der Waals surface area (Å²) in [6.07, 6.45) is 3.20. The van der Waals surface area contributed by atoms with Gasteiger partial charge in [-0.05, 0) is 12.8 Å². The molecule has 0 unspecified atom stereocenters. The van der Waals surface area contributed by atoms with Crippen LogP contribution in [0.15, 0.2) is 6.33 Å². The van der Waals surface area contributed by atoms with Crippen LogP contribution in [0.3, 0.4) is 0 Å². The van der Waals surface area contributed by atoms with Crippen molar-refractivity contribution in [3.8, 4) is 0 Å². The minimum atomic E-state index is -0.218. The highest BCUT2D eigenvalue weighted by Gasteiger charge is 2.31. The second-order valence-electron chi connectivity index (χ2n) is 4.20. The third kappa shape index (κ3) is 2.40. The number of aliphatic hydroxyl groups excluding tert-OH is 1. The molecule has 0 spiro atoms. The SMILES string of the molecule is Cn1ncnc1CNC1(CO)CCOCC1. The summed E-state index contributed by atoms with van der Waals surface area (Å²) in [7, 11) is 1.86. The Balaban J connectivity index is 1.94. The number of aryl methyl sites for hydroxylation is 1. The third-order valence-corrected chi connectivity index (χ3v) is 3.18. The number of ether oxygens (including phenoxy) is 1. The average Bonchev–Trinajstić information content (AvgIpc) is 2.74. The number of rotatable bonds is 4. The van der Waals surface area contributed by atoms with E-state index in [-0.39, 0.29) is 12.1 Å². The van der Waals surface area contributed by atoms with Gasteiger partial charge in [-0.1, -0.05) is 0 Å². The van der Waals surface area contributed by atoms with Gasteiger partial charge in [0.15, 0.2) is 0 Å². The fraction of sp³-hybridized carbons (Fsp3) is 0.800. The molecule has 2 heterocycles. The van der Waals surface area contributed by atoms with Gasteiger partial charge < -0.3 is 15.2 Å². The van der Waals surface area contributed by atoms with Crippen molar-refractivity contribution in [2.75, 3.05) is 19.8 Å². The Bertz CT molecular complexity index is 333. The Labute approximate surface area is 94.6 Å². The van der Waals surface area contributed by atoms with E-state index in [9.17, 15) is 5.11 Å². The molecule has 1 fully saturated rings. The number of aliphatic hydroxyl groups is 1. The Morgan fingerprint density at radius 3 is 2.88 bits per heavy atom. The van der Waals surface area contributed by atoms with Crippen LogP contribution in [-0.4, -0.2) is 45.2 Å². The summed E-state index contributed by atoms with van der Waals surface area (Å²) in [4.78, 5) is 4.14. The van der Waals surface area contributed by atoms with E-state index < -0.39 is 0 Å². The van der Waals surface area contributed by atoms with Crippen molar-refractivity contribution >= 4 is 0 Å². The molecule has 0 amide bonds. The third-order valence-electron chi connectivity index (χ3n) is 3.18. The topological polar surface area (TPSA) is 72.2 Å². The monoisotopic (exact) mass is 226 g/mol. The number of hydrogen-bond acceptors (Lipinski definition) is 5. The lowest BCUT2D eigenvalue weighted by atomic mass is 9.91. The number of hydrogen-bond donors (Lipinski definition) is 2. The highest BCUT2D eigenvalue weighted by molar-refractivity contribution is 4.93. The Morgan fingerprint density at radius 1 is 1.56 bits per heavy atom. The van der Waals surface area contributed by atoms with Crippen LogP contribution >= 0.6 is 0 Å². The Kier molecular flexibility index (Phi) is 3.52. The molecule has 6 heteroatoms. The lowest BCUT2D eigenvalue weighted by Gasteiger charge is -2.36. The molecule has 0 aromatic carbocycles. The lowest BCUT2D eigenvalue weighted by molar-refractivity contribution is 0.0107. The van der Waals surface area contributed by atoms with E-state index in [4.69, 9.17) is 4.74 Å². The summed E-state index contributed by atoms with van der Waals surface area (Å²) in [6, 6.07) is 0. The standard InChI is InChI=1S/C10H18N4O2/c1-14-9(11-8-13-14)6-12-10(7-15)2-4-16-5-3-10/h8,12,15H,2-7H2,1H3. The molecule has 0 radical (unpaired) electrons. The van der Waals surface area contributed by atoms with Gasteiger partial charge in [0.1, 0.15) is 12.2 Å². The molecule has 6 nitrogen and oxygen atoms in total. The molecule has 2 rings (SSSR count). The number of nitrogens with one attached hydrogen (secondary N) is 1. The molecule has 1 aliphatic heterocycles. The summed E-state index contributed by atoms with van der Waals surface area (Å²) >= 11 is 0. The molecule has 16 heavy (non-hydrogen) atoms. The number of nitrogens with zero attached hydrogens (tertiary/aromatic N) is 3. The summed E-state index contributed by atoms with van der Waals surface area (Å²) in [6.45, 7) is 2.16. The van der Waals surface area contributed by atoms with Crippen LogP contribution in [0.4, 0.5) is 0 Å². The van der Waals surface area contributed by atoms with Gasteiger partial charge in [0, 0.05) is 25.8 Å². The summed E-state index contributed by atoms with van der Waals surface area (Å²) in [5.74, 6) is 0.874. The fourth-order valence-electron chi connectivity index (χ4n) is 1.90. The van der Waals surface area contributed by atoms with E-state index in [1.54, 1.807) is 4.68 Å². The summed E-state index contributed by atoms with van der Waals surface area (Å²) < 4.78 is 7.04. The molecule has 90 valence electrons. The molecule has 1 aromatic heterocycles. The second-order valence-corrected chi connectivity index (χ2v) is 4.20. The first kappa shape index (κ1) is 11.5. The maximum atomic E-state index is 9.48. The van der Waals surface area contributed by atoms with Crippen LogP contribution in [0.5, 0.6) is 0 Å². The van der Waals surface area contributed by atoms with Crippen LogP contribution in [0, 0.1) is 0 Å². The largest absolute Gasteiger partial charge is 0.394 e. The van der Waals surface area contributed by atoms with E-state index in [1.807, 2.05) is 7.05 Å². The van der Waals surface area contributed by atoms with Crippen LogP contribution in [0.1, 0.15) is 18.7 Å². The van der Waals surface area contributed by atoms with Gasteiger partial charge in [-0.15, -0.1) is 0 Å². The van der Waals surface area contributed by atoms with Gasteiger partial charge in [0.05, 0.1) is 13.2 Å². The smallest absolute Gasteiger partial charge is 0.140 e. The maximum Gasteiger partial charge on any atom is 0.140 e. The van der Waals surface area contributed by atoms with Gasteiger partial charge in [0.25, 0.3) is 0 Å². The normalized spacial score (nSPS) is 19.9. The Morgan fingerprint density at radius 2 is 2.31 bits per heavy atom. The zero-order chi connectivity index (χ0) is 11.4. The van der Waals surface area contributed by atoms with Crippen molar-refractivity contribution in [3.05, 3.63) is 12.2 Å². The summed E-state index contributed by atoms with van der Waals surface area (Å²) in [5.41, 5.74) is -0.218. The van der Waals surface area contributed by atoms with E-state index in [1.165, 1.54) is 6.33 Å². The molecule has 2 N–H and O–H groups in total. The van der Waals surface area contributed by atoms with Crippen LogP contribution in [-0.2, 0) is 18.3 Å². The van der Waals surface area contributed by atoms with Crippen LogP contribution < -0.4 is 5.32 Å². The quantitative estimate of drug-likeness (QED) is 0.720. The molecule has 1 aromatic rings. The zero-order valence-electron chi connectivity index (χ0n) is 9.52. The molecular weight excluding hydrogens is 208 g/mol. The zero-order valence-corrected chi connectivity index (χ0v) is 9.52. The Hall–Kier alpha value is -0.980. The number of aromatic nitrogens is 3. The van der Waals surface area contributed by atoms with Crippen molar-refractivity contribution < 1.29 is 9.84 Å².